The van der Waals surface area contributed by atoms with Gasteiger partial charge in [-0.25, -0.2) is 9.37 Å². The van der Waals surface area contributed by atoms with Gasteiger partial charge in [-0.05, 0) is 44.5 Å². The maximum Gasteiger partial charge on any atom is 0.165 e. The van der Waals surface area contributed by atoms with E-state index in [0.717, 1.165) is 32.7 Å². The lowest BCUT2D eigenvalue weighted by molar-refractivity contribution is 0.0466. The summed E-state index contributed by atoms with van der Waals surface area (Å²) in [6.45, 7) is 5.78. The van der Waals surface area contributed by atoms with Crippen molar-refractivity contribution in [1.29, 1.82) is 0 Å². The van der Waals surface area contributed by atoms with Gasteiger partial charge in [-0.15, -0.1) is 0 Å². The average molecular weight is 293 g/mol. The van der Waals surface area contributed by atoms with Crippen LogP contribution in [0.4, 0.5) is 10.2 Å². The van der Waals surface area contributed by atoms with Crippen LogP contribution in [0.15, 0.2) is 18.3 Å². The summed E-state index contributed by atoms with van der Waals surface area (Å²) in [5.41, 5.74) is 0. The molecular formula is C16H24FN3O. The quantitative estimate of drug-likeness (QED) is 0.833. The van der Waals surface area contributed by atoms with Crippen molar-refractivity contribution in [2.24, 2.45) is 0 Å². The van der Waals surface area contributed by atoms with Gasteiger partial charge in [0.1, 0.15) is 0 Å². The third-order valence-corrected chi connectivity index (χ3v) is 4.39. The molecule has 0 N–H and O–H groups in total. The zero-order valence-corrected chi connectivity index (χ0v) is 12.5. The van der Waals surface area contributed by atoms with Crippen LogP contribution in [-0.4, -0.2) is 55.3 Å². The van der Waals surface area contributed by atoms with Crippen LogP contribution in [0.25, 0.3) is 0 Å². The van der Waals surface area contributed by atoms with E-state index in [-0.39, 0.29) is 11.9 Å². The van der Waals surface area contributed by atoms with Crippen LogP contribution in [0.5, 0.6) is 0 Å². The molecule has 0 bridgehead atoms. The molecule has 0 unspecified atom stereocenters. The first kappa shape index (κ1) is 14.7. The summed E-state index contributed by atoms with van der Waals surface area (Å²) in [6.07, 6.45) is 6.80. The van der Waals surface area contributed by atoms with Crippen LogP contribution in [0.1, 0.15) is 25.7 Å². The van der Waals surface area contributed by atoms with Gasteiger partial charge in [0.25, 0.3) is 0 Å². The molecule has 2 aliphatic heterocycles. The molecule has 0 amide bonds. The van der Waals surface area contributed by atoms with Gasteiger partial charge in [-0.3, -0.25) is 0 Å². The summed E-state index contributed by atoms with van der Waals surface area (Å²) in [5, 5.41) is 0. The molecule has 0 radical (unpaired) electrons. The maximum atomic E-state index is 13.7. The summed E-state index contributed by atoms with van der Waals surface area (Å²) < 4.78 is 19.7. The van der Waals surface area contributed by atoms with Gasteiger partial charge < -0.3 is 14.5 Å². The van der Waals surface area contributed by atoms with E-state index < -0.39 is 0 Å². The summed E-state index contributed by atoms with van der Waals surface area (Å²) in [5.74, 6) is 0.214. The fourth-order valence-electron chi connectivity index (χ4n) is 3.20. The van der Waals surface area contributed by atoms with Gasteiger partial charge in [0.05, 0.1) is 12.7 Å². The minimum Gasteiger partial charge on any atom is -0.375 e. The highest BCUT2D eigenvalue weighted by Crippen LogP contribution is 2.22. The number of pyridine rings is 1. The molecule has 2 fully saturated rings. The molecule has 1 aromatic heterocycles. The van der Waals surface area contributed by atoms with E-state index in [1.165, 1.54) is 38.4 Å². The van der Waals surface area contributed by atoms with E-state index in [1.54, 1.807) is 12.3 Å². The number of nitrogens with zero attached hydrogens (tertiary/aromatic N) is 3. The Hall–Kier alpha value is -1.20. The smallest absolute Gasteiger partial charge is 0.165 e. The standard InChI is InChI=1S/C16H24FN3O/c17-15-5-4-7-18-16(15)20-10-6-14(13-20)21-12-11-19-8-2-1-3-9-19/h4-5,7,14H,1-3,6,8-13H2/t14-/m0/s1. The van der Waals surface area contributed by atoms with E-state index in [9.17, 15) is 4.39 Å². The fraction of sp³-hybridized carbons (Fsp3) is 0.688. The van der Waals surface area contributed by atoms with E-state index in [0.29, 0.717) is 5.82 Å². The summed E-state index contributed by atoms with van der Waals surface area (Å²) in [6, 6.07) is 3.09. The number of hydrogen-bond donors (Lipinski definition) is 0. The topological polar surface area (TPSA) is 28.6 Å². The highest BCUT2D eigenvalue weighted by atomic mass is 19.1. The molecule has 2 aliphatic rings. The molecule has 116 valence electrons. The lowest BCUT2D eigenvalue weighted by Gasteiger charge is -2.26. The highest BCUT2D eigenvalue weighted by molar-refractivity contribution is 5.40. The predicted octanol–water partition coefficient (Wildman–Crippen LogP) is 2.30. The largest absolute Gasteiger partial charge is 0.375 e. The zero-order chi connectivity index (χ0) is 14.5. The van der Waals surface area contributed by atoms with E-state index in [2.05, 4.69) is 9.88 Å². The Morgan fingerprint density at radius 3 is 2.90 bits per heavy atom. The van der Waals surface area contributed by atoms with E-state index in [4.69, 9.17) is 4.74 Å². The lowest BCUT2D eigenvalue weighted by atomic mass is 10.1. The number of hydrogen-bond acceptors (Lipinski definition) is 4. The zero-order valence-electron chi connectivity index (χ0n) is 12.5. The maximum absolute atomic E-state index is 13.7. The molecule has 4 nitrogen and oxygen atoms in total. The Morgan fingerprint density at radius 1 is 1.24 bits per heavy atom. The third kappa shape index (κ3) is 3.92. The van der Waals surface area contributed by atoms with Crippen LogP contribution in [0, 0.1) is 5.82 Å². The molecule has 3 heterocycles. The van der Waals surface area contributed by atoms with Crippen molar-refractivity contribution >= 4 is 5.82 Å². The monoisotopic (exact) mass is 293 g/mol. The van der Waals surface area contributed by atoms with Gasteiger partial charge in [0, 0.05) is 25.8 Å². The van der Waals surface area contributed by atoms with Crippen molar-refractivity contribution in [2.75, 3.05) is 44.2 Å². The molecule has 5 heteroatoms. The van der Waals surface area contributed by atoms with Crippen molar-refractivity contribution < 1.29 is 9.13 Å². The van der Waals surface area contributed by atoms with Gasteiger partial charge in [0.15, 0.2) is 11.6 Å². The van der Waals surface area contributed by atoms with Gasteiger partial charge in [-0.1, -0.05) is 6.42 Å². The van der Waals surface area contributed by atoms with Crippen molar-refractivity contribution in [3.05, 3.63) is 24.1 Å². The molecule has 0 spiro atoms. The Kier molecular flexibility index (Phi) is 5.04. The van der Waals surface area contributed by atoms with Crippen LogP contribution in [0.3, 0.4) is 0 Å². The highest BCUT2D eigenvalue weighted by Gasteiger charge is 2.25. The molecule has 2 saturated heterocycles. The van der Waals surface area contributed by atoms with E-state index in [1.807, 2.05) is 4.90 Å². The molecule has 0 aromatic carbocycles. The Bertz CT molecular complexity index is 451. The number of likely N-dealkylation sites (tertiary alicyclic amines) is 1. The average Bonchev–Trinajstić information content (AvgIpc) is 2.97. The summed E-state index contributed by atoms with van der Waals surface area (Å²) >= 11 is 0. The predicted molar refractivity (Wildman–Crippen MR) is 81.1 cm³/mol. The van der Waals surface area contributed by atoms with Gasteiger partial charge in [-0.2, -0.15) is 0 Å². The van der Waals surface area contributed by atoms with Crippen molar-refractivity contribution in [3.8, 4) is 0 Å². The van der Waals surface area contributed by atoms with Crippen molar-refractivity contribution in [1.82, 2.24) is 9.88 Å². The SMILES string of the molecule is Fc1cccnc1N1CC[C@H](OCCN2CCCCC2)C1. The lowest BCUT2D eigenvalue weighted by Crippen LogP contribution is -2.34. The van der Waals surface area contributed by atoms with Crippen LogP contribution < -0.4 is 4.90 Å². The number of ether oxygens (including phenoxy) is 1. The normalized spacial score (nSPS) is 23.7. The Morgan fingerprint density at radius 2 is 2.10 bits per heavy atom. The van der Waals surface area contributed by atoms with Gasteiger partial charge >= 0.3 is 0 Å². The second-order valence-electron chi connectivity index (χ2n) is 5.94. The van der Waals surface area contributed by atoms with E-state index >= 15 is 0 Å². The molecule has 1 aromatic rings. The Labute approximate surface area is 125 Å². The molecule has 0 saturated carbocycles. The third-order valence-electron chi connectivity index (χ3n) is 4.39. The summed E-state index contributed by atoms with van der Waals surface area (Å²) in [4.78, 5) is 8.60. The van der Waals surface area contributed by atoms with Crippen molar-refractivity contribution in [2.45, 2.75) is 31.8 Å². The summed E-state index contributed by atoms with van der Waals surface area (Å²) in [7, 11) is 0. The number of anilines is 1. The molecule has 3 rings (SSSR count). The van der Waals surface area contributed by atoms with Gasteiger partial charge in [0.2, 0.25) is 0 Å². The minimum absolute atomic E-state index is 0.205. The van der Waals surface area contributed by atoms with Crippen LogP contribution >= 0.6 is 0 Å². The number of aromatic nitrogens is 1. The second kappa shape index (κ2) is 7.18. The van der Waals surface area contributed by atoms with Crippen LogP contribution in [0.2, 0.25) is 0 Å². The minimum atomic E-state index is -0.244. The number of piperidine rings is 1. The second-order valence-corrected chi connectivity index (χ2v) is 5.94. The number of halogens is 1. The van der Waals surface area contributed by atoms with Crippen molar-refractivity contribution in [3.63, 3.8) is 0 Å². The molecule has 1 atom stereocenters. The first-order valence-electron chi connectivity index (χ1n) is 8.02. The first-order valence-corrected chi connectivity index (χ1v) is 8.02. The molecule has 0 aliphatic carbocycles. The Balaban J connectivity index is 1.41. The number of rotatable bonds is 5. The first-order chi connectivity index (χ1) is 10.3. The molecule has 21 heavy (non-hydrogen) atoms. The van der Waals surface area contributed by atoms with Crippen LogP contribution in [-0.2, 0) is 4.74 Å². The fourth-order valence-corrected chi connectivity index (χ4v) is 3.20. The molecular weight excluding hydrogens is 269 g/mol.